The number of fused-ring (bicyclic) bond motifs is 2. The number of hydrogen-bond acceptors (Lipinski definition) is 3. The van der Waals surface area contributed by atoms with E-state index in [9.17, 15) is 0 Å². The van der Waals surface area contributed by atoms with Gasteiger partial charge in [0.2, 0.25) is 0 Å². The van der Waals surface area contributed by atoms with Crippen molar-refractivity contribution in [2.24, 2.45) is 0 Å². The van der Waals surface area contributed by atoms with E-state index in [1.54, 1.807) is 0 Å². The Kier molecular flexibility index (Phi) is 2.95. The molecule has 0 unspecified atom stereocenters. The Morgan fingerprint density at radius 1 is 1.11 bits per heavy atom. The minimum atomic E-state index is 0.812. The van der Waals surface area contributed by atoms with Gasteiger partial charge in [-0.25, -0.2) is 4.98 Å². The quantitative estimate of drug-likeness (QED) is 0.739. The first-order chi connectivity index (χ1) is 9.24. The minimum Gasteiger partial charge on any atom is -0.333 e. The molecule has 1 aromatic heterocycles. The van der Waals surface area contributed by atoms with E-state index in [4.69, 9.17) is 12.2 Å². The van der Waals surface area contributed by atoms with Crippen LogP contribution in [0.15, 0.2) is 42.6 Å². The number of rotatable bonds is 1. The molecule has 0 N–H and O–H groups in total. The van der Waals surface area contributed by atoms with Crippen molar-refractivity contribution in [3.05, 3.63) is 48.2 Å². The van der Waals surface area contributed by atoms with Crippen LogP contribution in [0, 0.1) is 0 Å². The van der Waals surface area contributed by atoms with Crippen molar-refractivity contribution < 1.29 is 0 Å². The summed E-state index contributed by atoms with van der Waals surface area (Å²) in [6, 6.07) is 12.3. The monoisotopic (exact) mass is 269 g/mol. The van der Waals surface area contributed by atoms with Gasteiger partial charge in [-0.05, 0) is 31.2 Å². The van der Waals surface area contributed by atoms with E-state index in [0.717, 1.165) is 34.3 Å². The van der Waals surface area contributed by atoms with Crippen molar-refractivity contribution in [2.75, 3.05) is 23.4 Å². The molecule has 3 nitrogen and oxygen atoms in total. The van der Waals surface area contributed by atoms with E-state index < -0.39 is 0 Å². The van der Waals surface area contributed by atoms with Gasteiger partial charge in [-0.2, -0.15) is 0 Å². The van der Waals surface area contributed by atoms with Gasteiger partial charge in [0.25, 0.3) is 0 Å². The molecule has 1 aromatic carbocycles. The van der Waals surface area contributed by atoms with Crippen LogP contribution in [-0.2, 0) is 0 Å². The Bertz CT molecular complexity index is 639. The molecule has 96 valence electrons. The predicted molar refractivity (Wildman–Crippen MR) is 83.5 cm³/mol. The molecule has 0 saturated heterocycles. The molecule has 0 aliphatic carbocycles. The van der Waals surface area contributed by atoms with Gasteiger partial charge in [0.1, 0.15) is 10.8 Å². The van der Waals surface area contributed by atoms with Crippen LogP contribution in [0.1, 0.15) is 12.5 Å². The summed E-state index contributed by atoms with van der Waals surface area (Å²) in [6.07, 6.45) is 1.82. The zero-order chi connectivity index (χ0) is 13.4. The largest absolute Gasteiger partial charge is 0.333 e. The predicted octanol–water partition coefficient (Wildman–Crippen LogP) is 3.36. The lowest BCUT2D eigenvalue weighted by molar-refractivity contribution is 0.991. The highest BCUT2D eigenvalue weighted by molar-refractivity contribution is 7.81. The molecule has 1 aliphatic rings. The molecular formula is C15H15N3S. The van der Waals surface area contributed by atoms with E-state index in [0.29, 0.717) is 0 Å². The summed E-state index contributed by atoms with van der Waals surface area (Å²) in [7, 11) is 2.01. The second kappa shape index (κ2) is 4.63. The van der Waals surface area contributed by atoms with E-state index in [2.05, 4.69) is 33.8 Å². The lowest BCUT2D eigenvalue weighted by Crippen LogP contribution is -2.24. The van der Waals surface area contributed by atoms with Crippen LogP contribution in [0.2, 0.25) is 0 Å². The zero-order valence-corrected chi connectivity index (χ0v) is 11.8. The Morgan fingerprint density at radius 3 is 2.58 bits per heavy atom. The fourth-order valence-electron chi connectivity index (χ4n) is 2.48. The maximum atomic E-state index is 5.61. The number of benzene rings is 1. The Hall–Kier alpha value is -1.94. The highest BCUT2D eigenvalue weighted by Crippen LogP contribution is 2.38. The molecule has 0 spiro atoms. The first kappa shape index (κ1) is 12.1. The number of nitrogens with zero attached hydrogens (tertiary/aromatic N) is 3. The maximum Gasteiger partial charge on any atom is 0.143 e. The summed E-state index contributed by atoms with van der Waals surface area (Å²) in [5.74, 6) is 0.937. The third-order valence-corrected chi connectivity index (χ3v) is 3.92. The molecule has 2 aromatic rings. The molecular weight excluding hydrogens is 254 g/mol. The zero-order valence-electron chi connectivity index (χ0n) is 11.0. The maximum absolute atomic E-state index is 5.61. The number of aromatic nitrogens is 1. The SMILES string of the molecule is CCN1c2ccccc2N(C)C(=S)c2cccnc21. The molecule has 2 heterocycles. The molecule has 4 heteroatoms. The van der Waals surface area contributed by atoms with Crippen LogP contribution in [0.5, 0.6) is 0 Å². The number of hydrogen-bond donors (Lipinski definition) is 0. The van der Waals surface area contributed by atoms with Crippen molar-refractivity contribution in [1.29, 1.82) is 0 Å². The van der Waals surface area contributed by atoms with E-state index in [1.807, 2.05) is 37.5 Å². The second-order valence-corrected chi connectivity index (χ2v) is 4.86. The average molecular weight is 269 g/mol. The molecule has 0 atom stereocenters. The number of anilines is 3. The first-order valence-electron chi connectivity index (χ1n) is 6.33. The van der Waals surface area contributed by atoms with Crippen LogP contribution >= 0.6 is 12.2 Å². The molecule has 0 amide bonds. The van der Waals surface area contributed by atoms with Gasteiger partial charge in [0.15, 0.2) is 0 Å². The van der Waals surface area contributed by atoms with Crippen molar-refractivity contribution in [1.82, 2.24) is 4.98 Å². The van der Waals surface area contributed by atoms with Crippen molar-refractivity contribution in [3.8, 4) is 0 Å². The lowest BCUT2D eigenvalue weighted by atomic mass is 10.2. The fourth-order valence-corrected chi connectivity index (χ4v) is 2.74. The molecule has 0 fully saturated rings. The summed E-state index contributed by atoms with van der Waals surface area (Å²) in [4.78, 5) is 9.60. The van der Waals surface area contributed by atoms with Crippen molar-refractivity contribution in [2.45, 2.75) is 6.92 Å². The van der Waals surface area contributed by atoms with Gasteiger partial charge in [0.05, 0.1) is 16.9 Å². The van der Waals surface area contributed by atoms with Crippen molar-refractivity contribution >= 4 is 34.4 Å². The normalized spacial score (nSPS) is 13.9. The summed E-state index contributed by atoms with van der Waals surface area (Å²) in [5.41, 5.74) is 3.28. The third-order valence-electron chi connectivity index (χ3n) is 3.43. The highest BCUT2D eigenvalue weighted by atomic mass is 32.1. The first-order valence-corrected chi connectivity index (χ1v) is 6.74. The van der Waals surface area contributed by atoms with Crippen LogP contribution in [-0.4, -0.2) is 23.6 Å². The molecule has 1 aliphatic heterocycles. The average Bonchev–Trinajstić information content (AvgIpc) is 2.55. The van der Waals surface area contributed by atoms with Gasteiger partial charge in [-0.15, -0.1) is 0 Å². The van der Waals surface area contributed by atoms with Crippen LogP contribution < -0.4 is 9.80 Å². The van der Waals surface area contributed by atoms with Gasteiger partial charge >= 0.3 is 0 Å². The molecule has 3 rings (SSSR count). The van der Waals surface area contributed by atoms with Gasteiger partial charge in [0, 0.05) is 19.8 Å². The number of pyridine rings is 1. The van der Waals surface area contributed by atoms with Gasteiger partial charge in [-0.3, -0.25) is 0 Å². The van der Waals surface area contributed by atoms with Gasteiger partial charge in [-0.1, -0.05) is 24.4 Å². The van der Waals surface area contributed by atoms with Crippen LogP contribution in [0.25, 0.3) is 0 Å². The lowest BCUT2D eigenvalue weighted by Gasteiger charge is -2.24. The van der Waals surface area contributed by atoms with E-state index in [-0.39, 0.29) is 0 Å². The van der Waals surface area contributed by atoms with Crippen LogP contribution in [0.4, 0.5) is 17.2 Å². The Labute approximate surface area is 118 Å². The minimum absolute atomic E-state index is 0.812. The van der Waals surface area contributed by atoms with Gasteiger partial charge < -0.3 is 9.80 Å². The van der Waals surface area contributed by atoms with Crippen molar-refractivity contribution in [3.63, 3.8) is 0 Å². The Balaban J connectivity index is 2.31. The second-order valence-electron chi connectivity index (χ2n) is 4.47. The number of thiocarbonyl (C=S) groups is 1. The Morgan fingerprint density at radius 2 is 1.84 bits per heavy atom. The number of para-hydroxylation sites is 2. The summed E-state index contributed by atoms with van der Waals surface area (Å²) in [5, 5.41) is 0. The smallest absolute Gasteiger partial charge is 0.143 e. The highest BCUT2D eigenvalue weighted by Gasteiger charge is 2.26. The van der Waals surface area contributed by atoms with E-state index in [1.165, 1.54) is 0 Å². The fraction of sp³-hybridized carbons (Fsp3) is 0.200. The topological polar surface area (TPSA) is 19.4 Å². The summed E-state index contributed by atoms with van der Waals surface area (Å²) < 4.78 is 0. The standard InChI is InChI=1S/C15H15N3S/c1-3-18-13-9-5-4-8-12(13)17(2)15(19)11-7-6-10-16-14(11)18/h4-10H,3H2,1-2H3. The summed E-state index contributed by atoms with van der Waals surface area (Å²) in [6.45, 7) is 2.99. The third kappa shape index (κ3) is 1.79. The molecule has 0 bridgehead atoms. The summed E-state index contributed by atoms with van der Waals surface area (Å²) >= 11 is 5.61. The molecule has 0 radical (unpaired) electrons. The molecule has 0 saturated carbocycles. The van der Waals surface area contributed by atoms with E-state index >= 15 is 0 Å². The molecule has 19 heavy (non-hydrogen) atoms. The van der Waals surface area contributed by atoms with Crippen LogP contribution in [0.3, 0.4) is 0 Å².